The molecule has 3 heteroatoms. The van der Waals surface area contributed by atoms with Gasteiger partial charge in [0, 0.05) is 6.42 Å². The number of amides is 1. The molecule has 0 aliphatic heterocycles. The quantitative estimate of drug-likeness (QED) is 0.764. The van der Waals surface area contributed by atoms with Crippen molar-refractivity contribution in [1.82, 2.24) is 5.48 Å². The average Bonchev–Trinajstić information content (AvgIpc) is 2.49. The minimum absolute atomic E-state index is 0.00302. The predicted octanol–water partition coefficient (Wildman–Crippen LogP) is 3.99. The highest BCUT2D eigenvalue weighted by Crippen LogP contribution is 2.27. The number of hydrogen-bond donors (Lipinski definition) is 1. The number of carbonyl (C=O) groups is 1. The van der Waals surface area contributed by atoms with Crippen LogP contribution in [0.4, 0.5) is 0 Å². The van der Waals surface area contributed by atoms with Crippen LogP contribution in [-0.2, 0) is 16.2 Å². The normalized spacial score (nSPS) is 16.0. The van der Waals surface area contributed by atoms with Crippen molar-refractivity contribution < 1.29 is 9.63 Å². The molecule has 0 aromatic heterocycles. The van der Waals surface area contributed by atoms with Crippen molar-refractivity contribution in [2.24, 2.45) is 5.92 Å². The fourth-order valence-electron chi connectivity index (χ4n) is 2.85. The van der Waals surface area contributed by atoms with E-state index in [1.165, 1.54) is 38.5 Å². The van der Waals surface area contributed by atoms with E-state index < -0.39 is 0 Å². The van der Waals surface area contributed by atoms with Crippen LogP contribution in [0.3, 0.4) is 0 Å². The molecule has 1 aliphatic rings. The molecule has 3 nitrogen and oxygen atoms in total. The van der Waals surface area contributed by atoms with E-state index in [1.807, 2.05) is 30.3 Å². The Morgan fingerprint density at radius 2 is 1.90 bits per heavy atom. The topological polar surface area (TPSA) is 38.3 Å². The summed E-state index contributed by atoms with van der Waals surface area (Å²) in [6.07, 6.45) is 9.58. The molecule has 0 atom stereocenters. The Labute approximate surface area is 121 Å². The first-order valence-electron chi connectivity index (χ1n) is 7.79. The Hall–Kier alpha value is -1.35. The molecule has 0 bridgehead atoms. The summed E-state index contributed by atoms with van der Waals surface area (Å²) in [5.41, 5.74) is 3.59. The molecule has 1 fully saturated rings. The van der Waals surface area contributed by atoms with E-state index in [2.05, 4.69) is 5.48 Å². The second kappa shape index (κ2) is 8.75. The Morgan fingerprint density at radius 1 is 1.15 bits per heavy atom. The van der Waals surface area contributed by atoms with Gasteiger partial charge in [-0.25, -0.2) is 5.48 Å². The average molecular weight is 275 g/mol. The van der Waals surface area contributed by atoms with Crippen LogP contribution in [0.1, 0.15) is 56.9 Å². The maximum Gasteiger partial charge on any atom is 0.243 e. The summed E-state index contributed by atoms with van der Waals surface area (Å²) in [4.78, 5) is 16.9. The van der Waals surface area contributed by atoms with Crippen LogP contribution in [0, 0.1) is 5.92 Å². The van der Waals surface area contributed by atoms with E-state index in [0.29, 0.717) is 13.0 Å². The lowest BCUT2D eigenvalue weighted by Crippen LogP contribution is -2.23. The van der Waals surface area contributed by atoms with Gasteiger partial charge in [0.25, 0.3) is 0 Å². The van der Waals surface area contributed by atoms with Crippen molar-refractivity contribution in [2.75, 3.05) is 0 Å². The van der Waals surface area contributed by atoms with Crippen LogP contribution >= 0.6 is 0 Å². The Morgan fingerprint density at radius 3 is 2.65 bits per heavy atom. The van der Waals surface area contributed by atoms with Crippen molar-refractivity contribution in [3.05, 3.63) is 35.9 Å². The second-order valence-corrected chi connectivity index (χ2v) is 5.70. The second-order valence-electron chi connectivity index (χ2n) is 5.70. The Bertz CT molecular complexity index is 385. The standard InChI is InChI=1S/C17H25NO2/c19-17(13-7-12-15-8-3-1-4-9-15)18-20-14-16-10-5-2-6-11-16/h2,5-6,10-11,15H,1,3-4,7-9,12-14H2,(H,18,19). The number of nitrogens with one attached hydrogen (secondary N) is 1. The van der Waals surface area contributed by atoms with Crippen molar-refractivity contribution in [3.8, 4) is 0 Å². The lowest BCUT2D eigenvalue weighted by atomic mass is 9.86. The molecular weight excluding hydrogens is 250 g/mol. The van der Waals surface area contributed by atoms with Gasteiger partial charge in [0.1, 0.15) is 0 Å². The number of hydroxylamine groups is 1. The fraction of sp³-hybridized carbons (Fsp3) is 0.588. The molecule has 20 heavy (non-hydrogen) atoms. The zero-order valence-corrected chi connectivity index (χ0v) is 12.1. The highest BCUT2D eigenvalue weighted by molar-refractivity contribution is 5.74. The summed E-state index contributed by atoms with van der Waals surface area (Å²) in [5.74, 6) is 0.846. The molecule has 0 unspecified atom stereocenters. The van der Waals surface area contributed by atoms with Crippen molar-refractivity contribution in [1.29, 1.82) is 0 Å². The van der Waals surface area contributed by atoms with E-state index in [-0.39, 0.29) is 5.91 Å². The van der Waals surface area contributed by atoms with Gasteiger partial charge in [-0.05, 0) is 24.3 Å². The van der Waals surface area contributed by atoms with Gasteiger partial charge in [0.15, 0.2) is 0 Å². The first-order valence-corrected chi connectivity index (χ1v) is 7.79. The van der Waals surface area contributed by atoms with Crippen LogP contribution < -0.4 is 5.48 Å². The van der Waals surface area contributed by atoms with Crippen LogP contribution in [0.25, 0.3) is 0 Å². The third kappa shape index (κ3) is 5.74. The Balaban J connectivity index is 1.52. The van der Waals surface area contributed by atoms with E-state index in [0.717, 1.165) is 17.9 Å². The molecule has 1 aromatic carbocycles. The first kappa shape index (κ1) is 15.0. The van der Waals surface area contributed by atoms with Gasteiger partial charge in [-0.3, -0.25) is 9.63 Å². The lowest BCUT2D eigenvalue weighted by Gasteiger charge is -2.21. The maximum atomic E-state index is 11.6. The van der Waals surface area contributed by atoms with Gasteiger partial charge >= 0.3 is 0 Å². The molecule has 1 N–H and O–H groups in total. The van der Waals surface area contributed by atoms with E-state index in [9.17, 15) is 4.79 Å². The molecule has 0 heterocycles. The lowest BCUT2D eigenvalue weighted by molar-refractivity contribution is -0.134. The molecule has 0 spiro atoms. The zero-order valence-electron chi connectivity index (χ0n) is 12.1. The zero-order chi connectivity index (χ0) is 14.0. The van der Waals surface area contributed by atoms with Crippen molar-refractivity contribution in [3.63, 3.8) is 0 Å². The van der Waals surface area contributed by atoms with Crippen molar-refractivity contribution >= 4 is 5.91 Å². The minimum atomic E-state index is -0.00302. The summed E-state index contributed by atoms with van der Waals surface area (Å²) in [7, 11) is 0. The molecule has 1 saturated carbocycles. The fourth-order valence-corrected chi connectivity index (χ4v) is 2.85. The first-order chi connectivity index (χ1) is 9.84. The maximum absolute atomic E-state index is 11.6. The number of benzene rings is 1. The van der Waals surface area contributed by atoms with Gasteiger partial charge in [0.05, 0.1) is 6.61 Å². The monoisotopic (exact) mass is 275 g/mol. The third-order valence-electron chi connectivity index (χ3n) is 4.01. The number of rotatable bonds is 7. The van der Waals surface area contributed by atoms with E-state index >= 15 is 0 Å². The largest absolute Gasteiger partial charge is 0.273 e. The molecule has 110 valence electrons. The molecular formula is C17H25NO2. The highest BCUT2D eigenvalue weighted by Gasteiger charge is 2.13. The number of hydrogen-bond acceptors (Lipinski definition) is 2. The van der Waals surface area contributed by atoms with Crippen LogP contribution in [0.2, 0.25) is 0 Å². The van der Waals surface area contributed by atoms with Gasteiger partial charge in [-0.1, -0.05) is 62.4 Å². The van der Waals surface area contributed by atoms with Gasteiger partial charge in [0.2, 0.25) is 5.91 Å². The third-order valence-corrected chi connectivity index (χ3v) is 4.01. The molecule has 0 radical (unpaired) electrons. The van der Waals surface area contributed by atoms with Gasteiger partial charge in [-0.2, -0.15) is 0 Å². The molecule has 2 rings (SSSR count). The summed E-state index contributed by atoms with van der Waals surface area (Å²) in [6, 6.07) is 9.85. The summed E-state index contributed by atoms with van der Waals surface area (Å²) in [5, 5.41) is 0. The van der Waals surface area contributed by atoms with Gasteiger partial charge in [-0.15, -0.1) is 0 Å². The van der Waals surface area contributed by atoms with Crippen molar-refractivity contribution in [2.45, 2.75) is 58.0 Å². The Kier molecular flexibility index (Phi) is 6.58. The van der Waals surface area contributed by atoms with E-state index in [1.54, 1.807) is 0 Å². The molecule has 1 aromatic rings. The van der Waals surface area contributed by atoms with Crippen LogP contribution in [0.15, 0.2) is 30.3 Å². The number of carbonyl (C=O) groups excluding carboxylic acids is 1. The van der Waals surface area contributed by atoms with Crippen LogP contribution in [0.5, 0.6) is 0 Å². The summed E-state index contributed by atoms with van der Waals surface area (Å²) >= 11 is 0. The molecule has 1 amide bonds. The molecule has 0 saturated heterocycles. The van der Waals surface area contributed by atoms with Crippen LogP contribution in [-0.4, -0.2) is 5.91 Å². The smallest absolute Gasteiger partial charge is 0.243 e. The summed E-state index contributed by atoms with van der Waals surface area (Å²) in [6.45, 7) is 0.426. The highest BCUT2D eigenvalue weighted by atomic mass is 16.6. The minimum Gasteiger partial charge on any atom is -0.273 e. The van der Waals surface area contributed by atoms with E-state index in [4.69, 9.17) is 4.84 Å². The SMILES string of the molecule is O=C(CCCC1CCCCC1)NOCc1ccccc1. The van der Waals surface area contributed by atoms with Gasteiger partial charge < -0.3 is 0 Å². The molecule has 1 aliphatic carbocycles. The summed E-state index contributed by atoms with van der Waals surface area (Å²) < 4.78 is 0. The predicted molar refractivity (Wildman–Crippen MR) is 79.8 cm³/mol.